The number of aromatic nitrogens is 2. The summed E-state index contributed by atoms with van der Waals surface area (Å²) in [5, 5.41) is 13.8. The first-order valence-electron chi connectivity index (χ1n) is 8.51. The minimum absolute atomic E-state index is 0.411. The van der Waals surface area contributed by atoms with E-state index >= 15 is 0 Å². The van der Waals surface area contributed by atoms with E-state index in [0.717, 1.165) is 28.6 Å². The highest BCUT2D eigenvalue weighted by molar-refractivity contribution is 7.19. The molecular weight excluding hydrogens is 334 g/mol. The summed E-state index contributed by atoms with van der Waals surface area (Å²) in [6.07, 6.45) is 6.42. The Balaban J connectivity index is 1.68. The van der Waals surface area contributed by atoms with Crippen molar-refractivity contribution in [3.8, 4) is 0 Å². The molecule has 2 aromatic heterocycles. The minimum Gasteiger partial charge on any atom is -0.480 e. The van der Waals surface area contributed by atoms with E-state index in [-0.39, 0.29) is 0 Å². The molecule has 3 aromatic rings. The number of anilines is 1. The molecule has 1 aliphatic rings. The highest BCUT2D eigenvalue weighted by Crippen LogP contribution is 2.38. The number of aryl methyl sites for hydroxylation is 2. The fourth-order valence-electron chi connectivity index (χ4n) is 3.41. The molecule has 5 nitrogen and oxygen atoms in total. The highest BCUT2D eigenvalue weighted by Gasteiger charge is 2.23. The Morgan fingerprint density at radius 2 is 2.00 bits per heavy atom. The predicted molar refractivity (Wildman–Crippen MR) is 99.2 cm³/mol. The summed E-state index contributed by atoms with van der Waals surface area (Å²) in [5.41, 5.74) is 2.29. The zero-order chi connectivity index (χ0) is 17.2. The van der Waals surface area contributed by atoms with Crippen molar-refractivity contribution in [1.29, 1.82) is 0 Å². The lowest BCUT2D eigenvalue weighted by atomic mass is 9.97. The van der Waals surface area contributed by atoms with Crippen LogP contribution in [0.3, 0.4) is 0 Å². The number of aliphatic carboxylic acids is 1. The van der Waals surface area contributed by atoms with Crippen LogP contribution < -0.4 is 5.32 Å². The van der Waals surface area contributed by atoms with Crippen LogP contribution >= 0.6 is 11.3 Å². The van der Waals surface area contributed by atoms with Crippen LogP contribution in [0.5, 0.6) is 0 Å². The standard InChI is InChI=1S/C19H19N3O2S/c23-19(24)14(10-12-6-2-1-3-7-12)22-17-16-13-8-4-5-9-15(13)25-18(16)21-11-20-17/h1-3,6-7,11,14H,4-5,8-10H2,(H,23,24)(H,20,21,22)/t14-/m1/s1. The summed E-state index contributed by atoms with van der Waals surface area (Å²) in [6.45, 7) is 0. The van der Waals surface area contributed by atoms with E-state index in [1.165, 1.54) is 29.6 Å². The third-order valence-corrected chi connectivity index (χ3v) is 5.84. The van der Waals surface area contributed by atoms with Crippen LogP contribution in [0, 0.1) is 0 Å². The molecule has 0 saturated carbocycles. The molecule has 1 aromatic carbocycles. The molecule has 0 radical (unpaired) electrons. The van der Waals surface area contributed by atoms with Crippen molar-refractivity contribution in [2.75, 3.05) is 5.32 Å². The first-order chi connectivity index (χ1) is 12.2. The maximum atomic E-state index is 11.8. The van der Waals surface area contributed by atoms with Crippen molar-refractivity contribution in [2.24, 2.45) is 0 Å². The Morgan fingerprint density at radius 1 is 1.20 bits per heavy atom. The van der Waals surface area contributed by atoms with Gasteiger partial charge in [-0.25, -0.2) is 14.8 Å². The van der Waals surface area contributed by atoms with E-state index in [2.05, 4.69) is 15.3 Å². The van der Waals surface area contributed by atoms with E-state index in [1.54, 1.807) is 11.3 Å². The van der Waals surface area contributed by atoms with Crippen LogP contribution in [0.4, 0.5) is 5.82 Å². The van der Waals surface area contributed by atoms with Gasteiger partial charge in [-0.3, -0.25) is 0 Å². The van der Waals surface area contributed by atoms with Gasteiger partial charge in [-0.15, -0.1) is 11.3 Å². The molecule has 0 fully saturated rings. The monoisotopic (exact) mass is 353 g/mol. The molecule has 4 rings (SSSR count). The third-order valence-electron chi connectivity index (χ3n) is 4.64. The van der Waals surface area contributed by atoms with Crippen LogP contribution in [0.15, 0.2) is 36.7 Å². The fraction of sp³-hybridized carbons (Fsp3) is 0.316. The number of benzene rings is 1. The molecule has 2 heterocycles. The topological polar surface area (TPSA) is 75.1 Å². The number of carbonyl (C=O) groups is 1. The SMILES string of the molecule is O=C(O)[C@@H](Cc1ccccc1)Nc1ncnc2sc3c(c12)CCCC3. The molecule has 0 spiro atoms. The molecule has 0 unspecified atom stereocenters. The van der Waals surface area contributed by atoms with Crippen molar-refractivity contribution in [3.05, 3.63) is 52.7 Å². The zero-order valence-corrected chi connectivity index (χ0v) is 14.6. The summed E-state index contributed by atoms with van der Waals surface area (Å²) in [5.74, 6) is -0.229. The maximum absolute atomic E-state index is 11.8. The molecule has 0 amide bonds. The lowest BCUT2D eigenvalue weighted by molar-refractivity contribution is -0.137. The predicted octanol–water partition coefficient (Wildman–Crippen LogP) is 3.68. The van der Waals surface area contributed by atoms with Gasteiger partial charge in [0, 0.05) is 11.3 Å². The second kappa shape index (κ2) is 6.80. The van der Waals surface area contributed by atoms with Crippen LogP contribution in [0.25, 0.3) is 10.2 Å². The normalized spacial score (nSPS) is 14.9. The Morgan fingerprint density at radius 3 is 2.80 bits per heavy atom. The van der Waals surface area contributed by atoms with Crippen LogP contribution in [-0.2, 0) is 24.1 Å². The van der Waals surface area contributed by atoms with E-state index in [9.17, 15) is 9.90 Å². The Bertz CT molecular complexity index is 908. The lowest BCUT2D eigenvalue weighted by Crippen LogP contribution is -2.32. The number of rotatable bonds is 5. The number of nitrogens with zero attached hydrogens (tertiary/aromatic N) is 2. The quantitative estimate of drug-likeness (QED) is 0.732. The van der Waals surface area contributed by atoms with Gasteiger partial charge >= 0.3 is 5.97 Å². The molecule has 2 N–H and O–H groups in total. The molecule has 1 atom stereocenters. The molecule has 1 aliphatic carbocycles. The van der Waals surface area contributed by atoms with E-state index in [0.29, 0.717) is 12.2 Å². The van der Waals surface area contributed by atoms with Gasteiger partial charge in [0.1, 0.15) is 23.0 Å². The van der Waals surface area contributed by atoms with Gasteiger partial charge in [0.2, 0.25) is 0 Å². The molecule has 0 bridgehead atoms. The second-order valence-corrected chi connectivity index (χ2v) is 7.42. The van der Waals surface area contributed by atoms with Crippen molar-refractivity contribution in [3.63, 3.8) is 0 Å². The number of fused-ring (bicyclic) bond motifs is 3. The zero-order valence-electron chi connectivity index (χ0n) is 13.7. The van der Waals surface area contributed by atoms with Crippen molar-refractivity contribution >= 4 is 33.3 Å². The fourth-order valence-corrected chi connectivity index (χ4v) is 4.64. The Labute approximate surface area is 149 Å². The Hall–Kier alpha value is -2.47. The van der Waals surface area contributed by atoms with Crippen molar-refractivity contribution in [2.45, 2.75) is 38.1 Å². The van der Waals surface area contributed by atoms with Crippen LogP contribution in [0.1, 0.15) is 28.8 Å². The summed E-state index contributed by atoms with van der Waals surface area (Å²) >= 11 is 1.71. The summed E-state index contributed by atoms with van der Waals surface area (Å²) in [6, 6.07) is 8.94. The van der Waals surface area contributed by atoms with Crippen molar-refractivity contribution < 1.29 is 9.90 Å². The maximum Gasteiger partial charge on any atom is 0.326 e. The second-order valence-electron chi connectivity index (χ2n) is 6.34. The third kappa shape index (κ3) is 3.22. The number of thiophene rings is 1. The van der Waals surface area contributed by atoms with Gasteiger partial charge in [0.25, 0.3) is 0 Å². The Kier molecular flexibility index (Phi) is 4.36. The molecular formula is C19H19N3O2S. The minimum atomic E-state index is -0.875. The first-order valence-corrected chi connectivity index (χ1v) is 9.32. The average molecular weight is 353 g/mol. The summed E-state index contributed by atoms with van der Waals surface area (Å²) in [4.78, 5) is 22.9. The number of carboxylic acid groups (broad SMARTS) is 1. The van der Waals surface area contributed by atoms with Crippen LogP contribution in [-0.4, -0.2) is 27.1 Å². The number of carboxylic acids is 1. The van der Waals surface area contributed by atoms with E-state index in [1.807, 2.05) is 30.3 Å². The van der Waals surface area contributed by atoms with E-state index in [4.69, 9.17) is 0 Å². The number of hydrogen-bond donors (Lipinski definition) is 2. The van der Waals surface area contributed by atoms with Gasteiger partial charge in [-0.05, 0) is 36.8 Å². The van der Waals surface area contributed by atoms with Gasteiger partial charge in [-0.2, -0.15) is 0 Å². The molecule has 0 saturated heterocycles. The number of hydrogen-bond acceptors (Lipinski definition) is 5. The van der Waals surface area contributed by atoms with Gasteiger partial charge in [0.15, 0.2) is 0 Å². The summed E-state index contributed by atoms with van der Waals surface area (Å²) in [7, 11) is 0. The summed E-state index contributed by atoms with van der Waals surface area (Å²) < 4.78 is 0. The molecule has 128 valence electrons. The smallest absolute Gasteiger partial charge is 0.326 e. The largest absolute Gasteiger partial charge is 0.480 e. The van der Waals surface area contributed by atoms with Crippen molar-refractivity contribution in [1.82, 2.24) is 9.97 Å². The first kappa shape index (κ1) is 16.0. The lowest BCUT2D eigenvalue weighted by Gasteiger charge is -2.17. The molecule has 6 heteroatoms. The van der Waals surface area contributed by atoms with Gasteiger partial charge < -0.3 is 10.4 Å². The average Bonchev–Trinajstić information content (AvgIpc) is 3.01. The molecule has 0 aliphatic heterocycles. The highest BCUT2D eigenvalue weighted by atomic mass is 32.1. The van der Waals surface area contributed by atoms with Gasteiger partial charge in [0.05, 0.1) is 5.39 Å². The van der Waals surface area contributed by atoms with Crippen LogP contribution in [0.2, 0.25) is 0 Å². The number of nitrogens with one attached hydrogen (secondary N) is 1. The molecule has 25 heavy (non-hydrogen) atoms. The van der Waals surface area contributed by atoms with Gasteiger partial charge in [-0.1, -0.05) is 30.3 Å². The van der Waals surface area contributed by atoms with E-state index < -0.39 is 12.0 Å².